The van der Waals surface area contributed by atoms with Gasteiger partial charge in [0.1, 0.15) is 24.3 Å². The smallest absolute Gasteiger partial charge is 0.550 e. The summed E-state index contributed by atoms with van der Waals surface area (Å²) in [7, 11) is 0. The Labute approximate surface area is 327 Å². The normalized spacial score (nSPS) is 22.6. The van der Waals surface area contributed by atoms with E-state index in [1.54, 1.807) is 24.3 Å². The van der Waals surface area contributed by atoms with Crippen LogP contribution in [0.4, 0.5) is 0 Å². The van der Waals surface area contributed by atoms with Crippen LogP contribution in [-0.4, -0.2) is 100 Å². The molecule has 49 heavy (non-hydrogen) atoms. The van der Waals surface area contributed by atoms with Crippen molar-refractivity contribution in [2.45, 2.75) is 81.8 Å². The van der Waals surface area contributed by atoms with Gasteiger partial charge in [-0.25, -0.2) is 0 Å². The third-order valence-corrected chi connectivity index (χ3v) is 7.60. The summed E-state index contributed by atoms with van der Waals surface area (Å²) < 4.78 is 11.1. The first-order valence-electron chi connectivity index (χ1n) is 15.0. The van der Waals surface area contributed by atoms with E-state index in [0.29, 0.717) is 0 Å². The number of aliphatic hydroxyl groups excluding tert-OH is 3. The molecule has 0 saturated carbocycles. The number of rotatable bonds is 16. The summed E-state index contributed by atoms with van der Waals surface area (Å²) in [5.41, 5.74) is 2.05. The van der Waals surface area contributed by atoms with Crippen molar-refractivity contribution in [1.29, 1.82) is 0 Å². The van der Waals surface area contributed by atoms with Gasteiger partial charge in [0.15, 0.2) is 0 Å². The molecule has 0 aliphatic carbocycles. The van der Waals surface area contributed by atoms with Crippen LogP contribution in [0.3, 0.4) is 0 Å². The van der Waals surface area contributed by atoms with Crippen LogP contribution in [0.1, 0.15) is 49.9 Å². The molecular formula is C32H39N3Na2O12. The van der Waals surface area contributed by atoms with Crippen molar-refractivity contribution in [2.24, 2.45) is 0 Å². The van der Waals surface area contributed by atoms with Gasteiger partial charge >= 0.3 is 59.1 Å². The van der Waals surface area contributed by atoms with Crippen molar-refractivity contribution in [3.8, 4) is 11.1 Å². The van der Waals surface area contributed by atoms with Crippen LogP contribution in [0.5, 0.6) is 0 Å². The topological polar surface area (TPSA) is 247 Å². The van der Waals surface area contributed by atoms with Crippen LogP contribution in [0.25, 0.3) is 11.1 Å². The molecule has 7 atom stereocenters. The number of carbonyl (C=O) groups excluding carboxylic acids is 5. The van der Waals surface area contributed by atoms with Crippen molar-refractivity contribution in [1.82, 2.24) is 16.0 Å². The van der Waals surface area contributed by atoms with E-state index in [4.69, 9.17) is 9.47 Å². The fourth-order valence-electron chi connectivity index (χ4n) is 5.28. The minimum atomic E-state index is -3.01. The maximum absolute atomic E-state index is 12.8. The van der Waals surface area contributed by atoms with Crippen LogP contribution in [-0.2, 0) is 28.7 Å². The van der Waals surface area contributed by atoms with Crippen molar-refractivity contribution in [3.63, 3.8) is 0 Å². The number of aliphatic hydroxyl groups is 3. The molecule has 1 fully saturated rings. The monoisotopic (exact) mass is 703 g/mol. The summed E-state index contributed by atoms with van der Waals surface area (Å²) in [4.78, 5) is 60.2. The number of hydrogen-bond donors (Lipinski definition) is 6. The number of aliphatic carboxylic acids is 2. The second kappa shape index (κ2) is 21.1. The number of carboxylic acids is 2. The Morgan fingerprint density at radius 1 is 0.857 bits per heavy atom. The predicted molar refractivity (Wildman–Crippen MR) is 159 cm³/mol. The molecule has 17 heteroatoms. The number of carboxylic acid groups (broad SMARTS) is 2. The third kappa shape index (κ3) is 12.4. The summed E-state index contributed by atoms with van der Waals surface area (Å²) in [5.74, 6) is -8.43. The van der Waals surface area contributed by atoms with Crippen LogP contribution < -0.4 is 85.3 Å². The molecule has 1 aliphatic rings. The first kappa shape index (κ1) is 44.6. The van der Waals surface area contributed by atoms with Gasteiger partial charge in [0, 0.05) is 31.9 Å². The molecule has 0 bridgehead atoms. The van der Waals surface area contributed by atoms with Crippen LogP contribution in [0.15, 0.2) is 54.6 Å². The molecule has 15 nitrogen and oxygen atoms in total. The Hall–Kier alpha value is -2.41. The molecular weight excluding hydrogens is 664 g/mol. The number of carbonyl (C=O) groups is 5. The zero-order chi connectivity index (χ0) is 34.7. The number of benzene rings is 2. The Kier molecular flexibility index (Phi) is 19.2. The Morgan fingerprint density at radius 3 is 1.98 bits per heavy atom. The Balaban J connectivity index is 0.00000600. The van der Waals surface area contributed by atoms with E-state index in [1.165, 1.54) is 0 Å². The summed E-state index contributed by atoms with van der Waals surface area (Å²) in [6, 6.07) is 12.9. The molecule has 2 aromatic rings. The first-order valence-corrected chi connectivity index (χ1v) is 15.0. The number of nitrogens with one attached hydrogen (secondary N) is 3. The number of amides is 3. The van der Waals surface area contributed by atoms with E-state index in [2.05, 4.69) is 16.0 Å². The van der Waals surface area contributed by atoms with E-state index in [-0.39, 0.29) is 97.0 Å². The average Bonchev–Trinajstić information content (AvgIpc) is 3.03. The van der Waals surface area contributed by atoms with Gasteiger partial charge in [-0.3, -0.25) is 14.4 Å². The van der Waals surface area contributed by atoms with E-state index in [9.17, 15) is 49.5 Å². The summed E-state index contributed by atoms with van der Waals surface area (Å²) in [6.07, 6.45) is -7.54. The molecule has 6 N–H and O–H groups in total. The van der Waals surface area contributed by atoms with Crippen LogP contribution >= 0.6 is 0 Å². The molecule has 256 valence electrons. The van der Waals surface area contributed by atoms with Gasteiger partial charge in [-0.05, 0) is 42.5 Å². The van der Waals surface area contributed by atoms with E-state index >= 15 is 0 Å². The summed E-state index contributed by atoms with van der Waals surface area (Å²) >= 11 is 0. The third-order valence-electron chi connectivity index (χ3n) is 7.60. The Morgan fingerprint density at radius 2 is 1.43 bits per heavy atom. The summed E-state index contributed by atoms with van der Waals surface area (Å²) in [6.45, 7) is 1.20. The number of unbranched alkanes of at least 4 members (excludes halogenated alkanes) is 2. The molecule has 0 aromatic heterocycles. The molecule has 0 radical (unpaired) electrons. The first-order chi connectivity index (χ1) is 22.3. The molecule has 2 aromatic carbocycles. The van der Waals surface area contributed by atoms with E-state index < -0.39 is 78.5 Å². The minimum Gasteiger partial charge on any atom is -0.550 e. The van der Waals surface area contributed by atoms with Gasteiger partial charge in [0.25, 0.3) is 5.91 Å². The zero-order valence-corrected chi connectivity index (χ0v) is 31.9. The fourth-order valence-corrected chi connectivity index (χ4v) is 5.28. The number of ether oxygens (including phenoxy) is 2. The van der Waals surface area contributed by atoms with Crippen molar-refractivity contribution < 1.29 is 118 Å². The van der Waals surface area contributed by atoms with Gasteiger partial charge in [0.05, 0.1) is 24.8 Å². The van der Waals surface area contributed by atoms with Gasteiger partial charge in [-0.15, -0.1) is 0 Å². The summed E-state index contributed by atoms with van der Waals surface area (Å²) in [5, 5.41) is 63.6. The predicted octanol–water partition coefficient (Wildman–Crippen LogP) is -8.64. The van der Waals surface area contributed by atoms with Crippen molar-refractivity contribution >= 4 is 29.7 Å². The molecule has 1 aliphatic heterocycles. The van der Waals surface area contributed by atoms with Gasteiger partial charge < -0.3 is 60.5 Å². The van der Waals surface area contributed by atoms with E-state index in [0.717, 1.165) is 25.0 Å². The SMILES string of the molecule is CC(=O)N[C@@H]1[C@@H](NC(C)=O)[C@H](O)[C@](OCCCCCC(=O)[O-])(C(=O)[O-])O[C@H]1[C@H](O)[C@H](O)CNC(=O)c1ccc(-c2ccccc2)cc1.[Na+].[Na+]. The largest absolute Gasteiger partial charge is 1.00 e. The minimum absolute atomic E-state index is 0. The number of hydrogen-bond acceptors (Lipinski definition) is 12. The standard InChI is InChI=1S/C32H41N3O12.2Na/c1-18(36)34-25-26(35-19(2)37)29(42)32(31(44)45,46-16-8-4-7-11-24(39)40)47-28(25)27(41)23(38)17-33-30(43)22-14-12-21(13-15-22)20-9-5-3-6-10-20;;/h3,5-6,9-10,12-15,23,25-29,38,41-42H,4,7-8,11,16-17H2,1-2H3,(H,33,43)(H,34,36)(H,35,37)(H,39,40)(H,44,45);;/q;2*+1/p-2/t23-,25-,26-,27-,28-,29+,32-;;/m1../s1. The second-order valence-electron chi connectivity index (χ2n) is 11.2. The van der Waals surface area contributed by atoms with E-state index in [1.807, 2.05) is 30.3 Å². The molecule has 0 spiro atoms. The quantitative estimate of drug-likeness (QED) is 0.0705. The maximum Gasteiger partial charge on any atom is 1.00 e. The average molecular weight is 704 g/mol. The second-order valence-corrected chi connectivity index (χ2v) is 11.2. The molecule has 3 amide bonds. The van der Waals surface area contributed by atoms with Gasteiger partial charge in [-0.1, -0.05) is 48.9 Å². The maximum atomic E-state index is 12.8. The fraction of sp³-hybridized carbons (Fsp3) is 0.469. The molecule has 3 rings (SSSR count). The Bertz CT molecular complexity index is 1400. The zero-order valence-electron chi connectivity index (χ0n) is 27.9. The molecule has 0 unspecified atom stereocenters. The van der Waals surface area contributed by atoms with Crippen LogP contribution in [0, 0.1) is 0 Å². The van der Waals surface area contributed by atoms with Gasteiger partial charge in [0.2, 0.25) is 17.6 Å². The van der Waals surface area contributed by atoms with Gasteiger partial charge in [-0.2, -0.15) is 0 Å². The molecule has 1 saturated heterocycles. The van der Waals surface area contributed by atoms with Crippen molar-refractivity contribution in [2.75, 3.05) is 13.2 Å². The molecule has 1 heterocycles. The van der Waals surface area contributed by atoms with Crippen molar-refractivity contribution in [3.05, 3.63) is 60.2 Å². The van der Waals surface area contributed by atoms with Crippen LogP contribution in [0.2, 0.25) is 0 Å².